The molecule has 144 valence electrons. The Morgan fingerprint density at radius 3 is 1.29 bits per heavy atom. The molecule has 0 aliphatic rings. The molecule has 0 amide bonds. The molecule has 4 heterocycles. The maximum atomic E-state index is 12.6. The van der Waals surface area contributed by atoms with E-state index >= 15 is 0 Å². The Labute approximate surface area is 160 Å². The van der Waals surface area contributed by atoms with Crippen LogP contribution in [0.1, 0.15) is 11.1 Å². The van der Waals surface area contributed by atoms with Crippen LogP contribution in [0.15, 0.2) is 36.7 Å². The van der Waals surface area contributed by atoms with E-state index in [1.165, 1.54) is 12.1 Å². The molecule has 0 fully saturated rings. The van der Waals surface area contributed by atoms with E-state index in [1.54, 1.807) is 0 Å². The number of halogens is 6. The van der Waals surface area contributed by atoms with E-state index in [2.05, 4.69) is 19.9 Å². The van der Waals surface area contributed by atoms with Gasteiger partial charge in [0.1, 0.15) is 10.0 Å². The highest BCUT2D eigenvalue weighted by Crippen LogP contribution is 2.37. The fourth-order valence-corrected chi connectivity index (χ4v) is 4.23. The normalized spacial score (nSPS) is 12.6. The first-order chi connectivity index (χ1) is 13.1. The molecule has 4 nitrogen and oxygen atoms in total. The third kappa shape index (κ3) is 3.56. The van der Waals surface area contributed by atoms with Gasteiger partial charge >= 0.3 is 12.4 Å². The molecular formula is C16H6F6N4S2. The van der Waals surface area contributed by atoms with Gasteiger partial charge in [-0.2, -0.15) is 26.3 Å². The summed E-state index contributed by atoms with van der Waals surface area (Å²) in [5.41, 5.74) is -1.17. The van der Waals surface area contributed by atoms with E-state index in [4.69, 9.17) is 0 Å². The summed E-state index contributed by atoms with van der Waals surface area (Å²) in [4.78, 5) is 17.2. The van der Waals surface area contributed by atoms with Gasteiger partial charge in [-0.15, -0.1) is 0 Å². The Balaban J connectivity index is 1.61. The van der Waals surface area contributed by atoms with Gasteiger partial charge in [-0.1, -0.05) is 22.7 Å². The van der Waals surface area contributed by atoms with Crippen molar-refractivity contribution in [2.75, 3.05) is 0 Å². The Kier molecular flexibility index (Phi) is 4.34. The first kappa shape index (κ1) is 18.7. The number of hydrogen-bond acceptors (Lipinski definition) is 6. The second-order valence-corrected chi connectivity index (χ2v) is 7.46. The summed E-state index contributed by atoms with van der Waals surface area (Å²) in [5.74, 6) is 0. The van der Waals surface area contributed by atoms with Gasteiger partial charge in [0.05, 0.1) is 22.5 Å². The molecule has 4 rings (SSSR count). The minimum atomic E-state index is -4.47. The minimum absolute atomic E-state index is 0.275. The summed E-state index contributed by atoms with van der Waals surface area (Å²) in [6, 6.07) is 4.29. The van der Waals surface area contributed by atoms with Crippen molar-refractivity contribution < 1.29 is 26.3 Å². The second kappa shape index (κ2) is 6.48. The zero-order valence-electron chi connectivity index (χ0n) is 13.3. The number of aromatic nitrogens is 4. The number of thiazole rings is 2. The summed E-state index contributed by atoms with van der Waals surface area (Å²) in [6.45, 7) is 0. The van der Waals surface area contributed by atoms with Crippen LogP contribution < -0.4 is 0 Å². The highest BCUT2D eigenvalue weighted by molar-refractivity contribution is 7.29. The van der Waals surface area contributed by atoms with E-state index < -0.39 is 23.5 Å². The fraction of sp³-hybridized carbons (Fsp3) is 0.125. The van der Waals surface area contributed by atoms with E-state index in [9.17, 15) is 26.3 Å². The number of pyridine rings is 2. The van der Waals surface area contributed by atoms with E-state index in [0.717, 1.165) is 47.2 Å². The zero-order valence-corrected chi connectivity index (χ0v) is 15.0. The molecule has 0 aromatic carbocycles. The van der Waals surface area contributed by atoms with Crippen molar-refractivity contribution in [2.45, 2.75) is 12.4 Å². The molecule has 0 aliphatic heterocycles. The monoisotopic (exact) mass is 432 g/mol. The first-order valence-corrected chi connectivity index (χ1v) is 9.09. The third-order valence-corrected chi connectivity index (χ3v) is 5.67. The van der Waals surface area contributed by atoms with Crippen molar-refractivity contribution in [3.8, 4) is 21.4 Å². The standard InChI is InChI=1S/C16H6F6N4S2/c17-15(18,19)7-1-3-9(23-5-7)11-25-13-14(27-11)26-12(28-13)10-4-2-8(6-24-10)16(20,21)22/h1-6H. The fourth-order valence-electron chi connectivity index (χ4n) is 2.24. The second-order valence-electron chi connectivity index (χ2n) is 5.51. The molecule has 0 aliphatic carbocycles. The quantitative estimate of drug-likeness (QED) is 0.369. The predicted octanol–water partition coefficient (Wildman–Crippen LogP) is 5.91. The Bertz CT molecular complexity index is 1010. The van der Waals surface area contributed by atoms with Crippen LogP contribution in [0.2, 0.25) is 0 Å². The Morgan fingerprint density at radius 1 is 0.607 bits per heavy atom. The molecule has 0 saturated carbocycles. The van der Waals surface area contributed by atoms with Gasteiger partial charge in [0, 0.05) is 12.4 Å². The molecule has 0 radical (unpaired) electrons. The molecule has 0 atom stereocenters. The molecule has 0 saturated heterocycles. The summed E-state index contributed by atoms with van der Waals surface area (Å²) < 4.78 is 75.6. The van der Waals surface area contributed by atoms with Crippen molar-refractivity contribution in [2.24, 2.45) is 0 Å². The van der Waals surface area contributed by atoms with Gasteiger partial charge in [0.15, 0.2) is 9.66 Å². The Morgan fingerprint density at radius 2 is 1.00 bits per heavy atom. The number of hydrogen-bond donors (Lipinski definition) is 0. The number of rotatable bonds is 2. The topological polar surface area (TPSA) is 51.6 Å². The lowest BCUT2D eigenvalue weighted by atomic mass is 10.2. The molecule has 4 aromatic heterocycles. The van der Waals surface area contributed by atoms with Gasteiger partial charge in [-0.25, -0.2) is 9.97 Å². The third-order valence-electron chi connectivity index (χ3n) is 3.60. The molecule has 28 heavy (non-hydrogen) atoms. The SMILES string of the molecule is FC(F)(F)c1ccc(-c2nc3sc(-c4ccc(C(F)(F)F)cn4)nc3s2)nc1. The van der Waals surface area contributed by atoms with Crippen LogP contribution in [0.5, 0.6) is 0 Å². The van der Waals surface area contributed by atoms with Gasteiger partial charge in [-0.05, 0) is 24.3 Å². The van der Waals surface area contributed by atoms with Crippen LogP contribution in [0, 0.1) is 0 Å². The van der Waals surface area contributed by atoms with Crippen molar-refractivity contribution in [3.63, 3.8) is 0 Å². The molecule has 0 unspecified atom stereocenters. The van der Waals surface area contributed by atoms with Gasteiger partial charge < -0.3 is 0 Å². The van der Waals surface area contributed by atoms with Crippen LogP contribution in [0.4, 0.5) is 26.3 Å². The maximum absolute atomic E-state index is 12.6. The minimum Gasteiger partial charge on any atom is -0.253 e. The zero-order chi connectivity index (χ0) is 20.1. The van der Waals surface area contributed by atoms with Crippen molar-refractivity contribution in [1.29, 1.82) is 0 Å². The first-order valence-electron chi connectivity index (χ1n) is 7.46. The highest BCUT2D eigenvalue weighted by atomic mass is 32.1. The summed E-state index contributed by atoms with van der Waals surface area (Å²) in [6.07, 6.45) is -7.48. The highest BCUT2D eigenvalue weighted by Gasteiger charge is 2.31. The molecular weight excluding hydrogens is 426 g/mol. The van der Waals surface area contributed by atoms with Crippen molar-refractivity contribution >= 4 is 32.3 Å². The molecule has 0 N–H and O–H groups in total. The predicted molar refractivity (Wildman–Crippen MR) is 91.8 cm³/mol. The molecule has 4 aromatic rings. The van der Waals surface area contributed by atoms with Crippen LogP contribution in [0.25, 0.3) is 31.1 Å². The van der Waals surface area contributed by atoms with E-state index in [-0.39, 0.29) is 11.4 Å². The van der Waals surface area contributed by atoms with E-state index in [1.807, 2.05) is 0 Å². The number of nitrogens with zero attached hydrogens (tertiary/aromatic N) is 4. The van der Waals surface area contributed by atoms with Crippen LogP contribution in [-0.2, 0) is 12.4 Å². The average Bonchev–Trinajstić information content (AvgIpc) is 3.19. The lowest BCUT2D eigenvalue weighted by molar-refractivity contribution is -0.138. The lowest BCUT2D eigenvalue weighted by Gasteiger charge is -2.05. The molecule has 12 heteroatoms. The van der Waals surface area contributed by atoms with Gasteiger partial charge in [0.25, 0.3) is 0 Å². The summed E-state index contributed by atoms with van der Waals surface area (Å²) in [7, 11) is 0. The van der Waals surface area contributed by atoms with Gasteiger partial charge in [0.2, 0.25) is 0 Å². The number of alkyl halides is 6. The van der Waals surface area contributed by atoms with E-state index in [0.29, 0.717) is 19.7 Å². The van der Waals surface area contributed by atoms with Crippen molar-refractivity contribution in [1.82, 2.24) is 19.9 Å². The maximum Gasteiger partial charge on any atom is 0.417 e. The van der Waals surface area contributed by atoms with Gasteiger partial charge in [-0.3, -0.25) is 9.97 Å². The summed E-state index contributed by atoms with van der Waals surface area (Å²) >= 11 is 2.25. The van der Waals surface area contributed by atoms with Crippen LogP contribution in [0.3, 0.4) is 0 Å². The summed E-state index contributed by atoms with van der Waals surface area (Å²) in [5, 5.41) is 0.795. The largest absolute Gasteiger partial charge is 0.417 e. The molecule has 0 bridgehead atoms. The molecule has 0 spiro atoms. The Hall–Kier alpha value is -2.60. The van der Waals surface area contributed by atoms with Crippen molar-refractivity contribution in [3.05, 3.63) is 47.8 Å². The number of fused-ring (bicyclic) bond motifs is 1. The lowest BCUT2D eigenvalue weighted by Crippen LogP contribution is -2.05. The van der Waals surface area contributed by atoms with Crippen LogP contribution in [-0.4, -0.2) is 19.9 Å². The van der Waals surface area contributed by atoms with Crippen LogP contribution >= 0.6 is 22.7 Å². The smallest absolute Gasteiger partial charge is 0.253 e. The average molecular weight is 432 g/mol.